The second-order valence-corrected chi connectivity index (χ2v) is 8.93. The van der Waals surface area contributed by atoms with Gasteiger partial charge >= 0.3 is 0 Å². The van der Waals surface area contributed by atoms with Gasteiger partial charge in [0.05, 0.1) is 6.54 Å². The van der Waals surface area contributed by atoms with Crippen LogP contribution in [0.5, 0.6) is 0 Å². The minimum absolute atomic E-state index is 0.0803. The maximum atomic E-state index is 13.2. The predicted molar refractivity (Wildman–Crippen MR) is 117 cm³/mol. The standard InChI is InChI=1S/C23H27FN6O2/c24-18-8-6-15(7-9-18)14-30-21-19(27-28-30)22(31)26-20(25-21)16-10-12-29(13-11-16)23(32)17-4-2-1-3-5-17/h6-9,16-17H,1-5,10-14H2,(H,25,26,31). The molecular weight excluding hydrogens is 411 g/mol. The van der Waals surface area contributed by atoms with Gasteiger partial charge in [-0.05, 0) is 43.4 Å². The van der Waals surface area contributed by atoms with Crippen LogP contribution >= 0.6 is 0 Å². The monoisotopic (exact) mass is 438 g/mol. The molecule has 3 aromatic rings. The Labute approximate surface area is 184 Å². The smallest absolute Gasteiger partial charge is 0.281 e. The number of amides is 1. The number of halogens is 1. The largest absolute Gasteiger partial charge is 0.342 e. The summed E-state index contributed by atoms with van der Waals surface area (Å²) in [6.07, 6.45) is 7.10. The van der Waals surface area contributed by atoms with Crippen LogP contribution in [0.15, 0.2) is 29.1 Å². The van der Waals surface area contributed by atoms with Crippen LogP contribution in [0.4, 0.5) is 4.39 Å². The van der Waals surface area contributed by atoms with Gasteiger partial charge in [-0.15, -0.1) is 5.10 Å². The maximum Gasteiger partial charge on any atom is 0.281 e. The summed E-state index contributed by atoms with van der Waals surface area (Å²) >= 11 is 0. The van der Waals surface area contributed by atoms with Crippen LogP contribution in [-0.2, 0) is 11.3 Å². The fraction of sp³-hybridized carbons (Fsp3) is 0.522. The van der Waals surface area contributed by atoms with Crippen LogP contribution in [-0.4, -0.2) is 48.9 Å². The van der Waals surface area contributed by atoms with Gasteiger partial charge in [0.15, 0.2) is 11.2 Å². The number of fused-ring (bicyclic) bond motifs is 1. The summed E-state index contributed by atoms with van der Waals surface area (Å²) in [4.78, 5) is 35.0. The van der Waals surface area contributed by atoms with E-state index >= 15 is 0 Å². The molecule has 168 valence electrons. The molecule has 5 rings (SSSR count). The lowest BCUT2D eigenvalue weighted by Gasteiger charge is -2.34. The average Bonchev–Trinajstić information content (AvgIpc) is 3.24. The van der Waals surface area contributed by atoms with Crippen LogP contribution in [0, 0.1) is 11.7 Å². The number of nitrogens with one attached hydrogen (secondary N) is 1. The van der Waals surface area contributed by atoms with Crippen molar-refractivity contribution in [3.05, 3.63) is 51.8 Å². The fourth-order valence-corrected chi connectivity index (χ4v) is 4.93. The lowest BCUT2D eigenvalue weighted by atomic mass is 9.87. The number of hydrogen-bond donors (Lipinski definition) is 1. The summed E-state index contributed by atoms with van der Waals surface area (Å²) in [6.45, 7) is 1.73. The Balaban J connectivity index is 1.32. The van der Waals surface area contributed by atoms with Crippen molar-refractivity contribution in [3.8, 4) is 0 Å². The van der Waals surface area contributed by atoms with Gasteiger partial charge in [-0.25, -0.2) is 14.1 Å². The van der Waals surface area contributed by atoms with Gasteiger partial charge in [0.25, 0.3) is 5.56 Å². The van der Waals surface area contributed by atoms with E-state index in [1.54, 1.807) is 16.8 Å². The van der Waals surface area contributed by atoms with E-state index in [1.807, 2.05) is 4.90 Å². The zero-order valence-electron chi connectivity index (χ0n) is 18.0. The van der Waals surface area contributed by atoms with Crippen LogP contribution in [0.25, 0.3) is 11.2 Å². The van der Waals surface area contributed by atoms with Crippen molar-refractivity contribution in [2.75, 3.05) is 13.1 Å². The molecule has 2 aromatic heterocycles. The second kappa shape index (κ2) is 8.80. The average molecular weight is 439 g/mol. The lowest BCUT2D eigenvalue weighted by molar-refractivity contribution is -0.137. The SMILES string of the molecule is O=C(C1CCCCC1)N1CCC(c2nc3c(nnn3Cc3ccc(F)cc3)c(=O)[nH]2)CC1. The number of carbonyl (C=O) groups excluding carboxylic acids is 1. The number of H-pyrrole nitrogens is 1. The second-order valence-electron chi connectivity index (χ2n) is 8.93. The first-order valence-corrected chi connectivity index (χ1v) is 11.4. The summed E-state index contributed by atoms with van der Waals surface area (Å²) in [5, 5.41) is 8.07. The minimum Gasteiger partial charge on any atom is -0.342 e. The van der Waals surface area contributed by atoms with Crippen molar-refractivity contribution in [2.24, 2.45) is 5.92 Å². The molecule has 1 aliphatic carbocycles. The molecule has 1 aliphatic heterocycles. The molecule has 9 heteroatoms. The summed E-state index contributed by atoms with van der Waals surface area (Å²) < 4.78 is 14.8. The van der Waals surface area contributed by atoms with Gasteiger partial charge in [-0.2, -0.15) is 0 Å². The molecule has 0 atom stereocenters. The lowest BCUT2D eigenvalue weighted by Crippen LogP contribution is -2.42. The molecule has 0 bridgehead atoms. The van der Waals surface area contributed by atoms with Crippen molar-refractivity contribution in [1.29, 1.82) is 0 Å². The van der Waals surface area contributed by atoms with Crippen LogP contribution in [0.3, 0.4) is 0 Å². The highest BCUT2D eigenvalue weighted by molar-refractivity contribution is 5.79. The first kappa shape index (κ1) is 20.8. The third kappa shape index (κ3) is 4.16. The molecule has 0 radical (unpaired) electrons. The number of piperidine rings is 1. The number of benzene rings is 1. The highest BCUT2D eigenvalue weighted by Gasteiger charge is 2.30. The minimum atomic E-state index is -0.309. The molecular formula is C23H27FN6O2. The zero-order chi connectivity index (χ0) is 22.1. The number of aromatic amines is 1. The Bertz CT molecular complexity index is 1160. The first-order chi connectivity index (χ1) is 15.6. The van der Waals surface area contributed by atoms with E-state index in [1.165, 1.54) is 18.6 Å². The molecule has 1 amide bonds. The third-order valence-electron chi connectivity index (χ3n) is 6.79. The molecule has 1 saturated carbocycles. The van der Waals surface area contributed by atoms with Crippen LogP contribution < -0.4 is 5.56 Å². The van der Waals surface area contributed by atoms with Crippen molar-refractivity contribution < 1.29 is 9.18 Å². The molecule has 1 aromatic carbocycles. The van der Waals surface area contributed by atoms with E-state index in [9.17, 15) is 14.0 Å². The van der Waals surface area contributed by atoms with Crippen LogP contribution in [0.2, 0.25) is 0 Å². The molecule has 2 aliphatic rings. The molecule has 1 saturated heterocycles. The Morgan fingerprint density at radius 3 is 2.50 bits per heavy atom. The molecule has 8 nitrogen and oxygen atoms in total. The normalized spacial score (nSPS) is 18.3. The van der Waals surface area contributed by atoms with Gasteiger partial charge in [0.1, 0.15) is 11.6 Å². The number of likely N-dealkylation sites (tertiary alicyclic amines) is 1. The van der Waals surface area contributed by atoms with E-state index < -0.39 is 0 Å². The first-order valence-electron chi connectivity index (χ1n) is 11.4. The Morgan fingerprint density at radius 2 is 1.78 bits per heavy atom. The van der Waals surface area contributed by atoms with Gasteiger partial charge in [0, 0.05) is 24.9 Å². The Kier molecular flexibility index (Phi) is 5.71. The maximum absolute atomic E-state index is 13.2. The highest BCUT2D eigenvalue weighted by Crippen LogP contribution is 2.30. The summed E-state index contributed by atoms with van der Waals surface area (Å²) in [5.74, 6) is 0.872. The molecule has 3 heterocycles. The fourth-order valence-electron chi connectivity index (χ4n) is 4.93. The topological polar surface area (TPSA) is 96.8 Å². The van der Waals surface area contributed by atoms with E-state index in [2.05, 4.69) is 15.3 Å². The van der Waals surface area contributed by atoms with E-state index in [-0.39, 0.29) is 28.7 Å². The van der Waals surface area contributed by atoms with Crippen molar-refractivity contribution in [2.45, 2.75) is 57.4 Å². The highest BCUT2D eigenvalue weighted by atomic mass is 19.1. The summed E-state index contributed by atoms with van der Waals surface area (Å²) in [6, 6.07) is 6.14. The van der Waals surface area contributed by atoms with E-state index in [0.717, 1.165) is 44.1 Å². The third-order valence-corrected chi connectivity index (χ3v) is 6.79. The molecule has 0 unspecified atom stereocenters. The van der Waals surface area contributed by atoms with Crippen LogP contribution in [0.1, 0.15) is 62.3 Å². The molecule has 1 N–H and O–H groups in total. The Hall–Kier alpha value is -3.10. The van der Waals surface area contributed by atoms with E-state index in [0.29, 0.717) is 37.0 Å². The summed E-state index contributed by atoms with van der Waals surface area (Å²) in [5.41, 5.74) is 1.15. The van der Waals surface area contributed by atoms with Gasteiger partial charge in [0.2, 0.25) is 5.91 Å². The number of carbonyl (C=O) groups is 1. The predicted octanol–water partition coefficient (Wildman–Crippen LogP) is 2.99. The molecule has 2 fully saturated rings. The van der Waals surface area contributed by atoms with Crippen molar-refractivity contribution in [3.63, 3.8) is 0 Å². The number of aromatic nitrogens is 5. The van der Waals surface area contributed by atoms with Gasteiger partial charge in [-0.3, -0.25) is 9.59 Å². The van der Waals surface area contributed by atoms with Crippen molar-refractivity contribution >= 4 is 17.1 Å². The zero-order valence-corrected chi connectivity index (χ0v) is 18.0. The number of nitrogens with zero attached hydrogens (tertiary/aromatic N) is 5. The van der Waals surface area contributed by atoms with Crippen molar-refractivity contribution in [1.82, 2.24) is 29.9 Å². The Morgan fingerprint density at radius 1 is 1.06 bits per heavy atom. The van der Waals surface area contributed by atoms with Gasteiger partial charge < -0.3 is 9.88 Å². The molecule has 32 heavy (non-hydrogen) atoms. The van der Waals surface area contributed by atoms with E-state index in [4.69, 9.17) is 4.98 Å². The molecule has 0 spiro atoms. The summed E-state index contributed by atoms with van der Waals surface area (Å²) in [7, 11) is 0. The number of rotatable bonds is 4. The van der Waals surface area contributed by atoms with Gasteiger partial charge in [-0.1, -0.05) is 36.6 Å². The quantitative estimate of drug-likeness (QED) is 0.676. The number of hydrogen-bond acceptors (Lipinski definition) is 5.